The van der Waals surface area contributed by atoms with Crippen LogP contribution in [0.1, 0.15) is 15.9 Å². The third-order valence-corrected chi connectivity index (χ3v) is 6.55. The molecule has 9 heteroatoms. The minimum atomic E-state index is -0.637. The standard InChI is InChI=1S/C26H18N4O3S2/c31-21-14-8-7-13-20(21)24(32)28-30-25(33)22(35-26(30)34)15-18-16-29(19-11-5-2-6-12-19)27-23(18)17-9-3-1-4-10-17/h1-16,31H,(H,28,32)/b22-15-. The fourth-order valence-electron chi connectivity index (χ4n) is 3.56. The van der Waals surface area contributed by atoms with Gasteiger partial charge in [-0.1, -0.05) is 72.4 Å². The number of hydrazine groups is 1. The lowest BCUT2D eigenvalue weighted by atomic mass is 10.1. The number of hydrogen-bond donors (Lipinski definition) is 2. The first kappa shape index (κ1) is 22.6. The van der Waals surface area contributed by atoms with Crippen molar-refractivity contribution in [1.82, 2.24) is 20.2 Å². The van der Waals surface area contributed by atoms with Crippen molar-refractivity contribution in [3.63, 3.8) is 0 Å². The largest absolute Gasteiger partial charge is 0.507 e. The molecule has 0 aliphatic carbocycles. The van der Waals surface area contributed by atoms with E-state index in [1.807, 2.05) is 66.9 Å². The van der Waals surface area contributed by atoms with Crippen LogP contribution >= 0.6 is 24.0 Å². The number of hydrogen-bond acceptors (Lipinski definition) is 6. The van der Waals surface area contributed by atoms with Crippen molar-refractivity contribution in [2.75, 3.05) is 0 Å². The van der Waals surface area contributed by atoms with Gasteiger partial charge in [-0.25, -0.2) is 4.68 Å². The Morgan fingerprint density at radius 2 is 1.63 bits per heavy atom. The number of aromatic hydroxyl groups is 1. The number of benzene rings is 3. The molecule has 2 amide bonds. The molecule has 3 aromatic carbocycles. The fourth-order valence-corrected chi connectivity index (χ4v) is 4.73. The van der Waals surface area contributed by atoms with Crippen LogP contribution in [0.2, 0.25) is 0 Å². The second-order valence-corrected chi connectivity index (χ2v) is 9.23. The summed E-state index contributed by atoms with van der Waals surface area (Å²) in [6.07, 6.45) is 3.57. The summed E-state index contributed by atoms with van der Waals surface area (Å²) < 4.78 is 1.94. The van der Waals surface area contributed by atoms with Crippen LogP contribution in [-0.4, -0.2) is 36.0 Å². The molecule has 172 valence electrons. The minimum Gasteiger partial charge on any atom is -0.507 e. The maximum Gasteiger partial charge on any atom is 0.285 e. The van der Waals surface area contributed by atoms with Gasteiger partial charge in [0.1, 0.15) is 5.75 Å². The first-order chi connectivity index (χ1) is 17.0. The van der Waals surface area contributed by atoms with Crippen LogP contribution in [0.3, 0.4) is 0 Å². The molecule has 0 atom stereocenters. The third kappa shape index (κ3) is 4.59. The zero-order valence-electron chi connectivity index (χ0n) is 18.2. The van der Waals surface area contributed by atoms with Crippen LogP contribution in [0.5, 0.6) is 5.75 Å². The fraction of sp³-hybridized carbons (Fsp3) is 0. The summed E-state index contributed by atoms with van der Waals surface area (Å²) in [7, 11) is 0. The summed E-state index contributed by atoms with van der Waals surface area (Å²) in [4.78, 5) is 26.1. The number of aromatic nitrogens is 2. The van der Waals surface area contributed by atoms with Gasteiger partial charge in [0, 0.05) is 17.3 Å². The number of thiocarbonyl (C=S) groups is 1. The first-order valence-corrected chi connectivity index (χ1v) is 11.8. The molecule has 1 aliphatic heterocycles. The lowest BCUT2D eigenvalue weighted by Crippen LogP contribution is -2.44. The normalized spacial score (nSPS) is 14.5. The maximum atomic E-state index is 13.1. The number of thioether (sulfide) groups is 1. The zero-order valence-corrected chi connectivity index (χ0v) is 19.8. The quantitative estimate of drug-likeness (QED) is 0.304. The SMILES string of the molecule is O=C(NN1C(=O)/C(=C/c2cn(-c3ccccc3)nc2-c2ccccc2)SC1=S)c1ccccc1O. The van der Waals surface area contributed by atoms with Crippen LogP contribution in [0.15, 0.2) is 96.0 Å². The molecule has 0 spiro atoms. The topological polar surface area (TPSA) is 87.5 Å². The van der Waals surface area contributed by atoms with Crippen molar-refractivity contribution in [2.45, 2.75) is 0 Å². The lowest BCUT2D eigenvalue weighted by Gasteiger charge is -2.16. The molecule has 1 saturated heterocycles. The molecular formula is C26H18N4O3S2. The molecule has 0 saturated carbocycles. The molecule has 2 N–H and O–H groups in total. The number of phenols is 1. The van der Waals surface area contributed by atoms with E-state index in [4.69, 9.17) is 17.3 Å². The summed E-state index contributed by atoms with van der Waals surface area (Å²) in [5.74, 6) is -1.29. The Balaban J connectivity index is 1.48. The van der Waals surface area contributed by atoms with Crippen LogP contribution in [-0.2, 0) is 4.79 Å². The average Bonchev–Trinajstić information content (AvgIpc) is 3.42. The van der Waals surface area contributed by atoms with E-state index in [9.17, 15) is 14.7 Å². The number of phenolic OH excluding ortho intramolecular Hbond substituents is 1. The number of carbonyl (C=O) groups excluding carboxylic acids is 2. The van der Waals surface area contributed by atoms with Crippen molar-refractivity contribution in [2.24, 2.45) is 0 Å². The monoisotopic (exact) mass is 498 g/mol. The molecule has 0 unspecified atom stereocenters. The summed E-state index contributed by atoms with van der Waals surface area (Å²) in [6.45, 7) is 0. The van der Waals surface area contributed by atoms with E-state index in [2.05, 4.69) is 5.43 Å². The van der Waals surface area contributed by atoms with Crippen molar-refractivity contribution in [3.05, 3.63) is 107 Å². The van der Waals surface area contributed by atoms with E-state index in [0.29, 0.717) is 10.6 Å². The number of nitrogens with zero attached hydrogens (tertiary/aromatic N) is 3. The van der Waals surface area contributed by atoms with Crippen molar-refractivity contribution >= 4 is 46.2 Å². The molecule has 5 rings (SSSR count). The molecule has 2 heterocycles. The van der Waals surface area contributed by atoms with Crippen LogP contribution in [0.4, 0.5) is 0 Å². The predicted molar refractivity (Wildman–Crippen MR) is 140 cm³/mol. The molecule has 0 bridgehead atoms. The number of carbonyl (C=O) groups is 2. The smallest absolute Gasteiger partial charge is 0.285 e. The summed E-state index contributed by atoms with van der Waals surface area (Å²) in [5, 5.41) is 15.7. The maximum absolute atomic E-state index is 13.1. The van der Waals surface area contributed by atoms with Crippen molar-refractivity contribution in [1.29, 1.82) is 0 Å². The molecule has 7 nitrogen and oxygen atoms in total. The van der Waals surface area contributed by atoms with E-state index < -0.39 is 11.8 Å². The average molecular weight is 499 g/mol. The van der Waals surface area contributed by atoms with Gasteiger partial charge in [-0.2, -0.15) is 10.1 Å². The van der Waals surface area contributed by atoms with Gasteiger partial charge in [-0.15, -0.1) is 0 Å². The summed E-state index contributed by atoms with van der Waals surface area (Å²) >= 11 is 6.43. The van der Waals surface area contributed by atoms with Gasteiger partial charge in [0.2, 0.25) is 0 Å². The number of nitrogens with one attached hydrogen (secondary N) is 1. The molecule has 35 heavy (non-hydrogen) atoms. The highest BCUT2D eigenvalue weighted by atomic mass is 32.2. The van der Waals surface area contributed by atoms with Crippen molar-refractivity contribution < 1.29 is 14.7 Å². The Morgan fingerprint density at radius 1 is 0.971 bits per heavy atom. The van der Waals surface area contributed by atoms with Gasteiger partial charge in [0.25, 0.3) is 11.8 Å². The second-order valence-electron chi connectivity index (χ2n) is 7.55. The highest BCUT2D eigenvalue weighted by Gasteiger charge is 2.34. The van der Waals surface area contributed by atoms with E-state index >= 15 is 0 Å². The number of amides is 2. The third-order valence-electron chi connectivity index (χ3n) is 5.25. The van der Waals surface area contributed by atoms with Crippen LogP contribution in [0, 0.1) is 0 Å². The Hall–Kier alpha value is -4.21. The Labute approximate surface area is 210 Å². The van der Waals surface area contributed by atoms with Crippen molar-refractivity contribution in [3.8, 4) is 22.7 Å². The Bertz CT molecular complexity index is 1470. The van der Waals surface area contributed by atoms with Crippen LogP contribution in [0.25, 0.3) is 23.0 Å². The van der Waals surface area contributed by atoms with Crippen LogP contribution < -0.4 is 5.43 Å². The molecular weight excluding hydrogens is 480 g/mol. The molecule has 0 radical (unpaired) electrons. The summed E-state index contributed by atoms with van der Waals surface area (Å²) in [5.41, 5.74) is 5.75. The van der Waals surface area contributed by atoms with Gasteiger partial charge in [-0.3, -0.25) is 15.0 Å². The molecule has 4 aromatic rings. The highest BCUT2D eigenvalue weighted by molar-refractivity contribution is 8.26. The van der Waals surface area contributed by atoms with Gasteiger partial charge in [0.05, 0.1) is 21.8 Å². The van der Waals surface area contributed by atoms with E-state index in [1.54, 1.807) is 22.9 Å². The lowest BCUT2D eigenvalue weighted by molar-refractivity contribution is -0.123. The number of para-hydroxylation sites is 2. The highest BCUT2D eigenvalue weighted by Crippen LogP contribution is 2.34. The van der Waals surface area contributed by atoms with Gasteiger partial charge in [0.15, 0.2) is 4.32 Å². The Kier molecular flexibility index (Phi) is 6.17. The van der Waals surface area contributed by atoms with Gasteiger partial charge < -0.3 is 5.11 Å². The molecule has 1 aromatic heterocycles. The van der Waals surface area contributed by atoms with Gasteiger partial charge >= 0.3 is 0 Å². The van der Waals surface area contributed by atoms with E-state index in [-0.39, 0.29) is 15.6 Å². The zero-order chi connectivity index (χ0) is 24.4. The first-order valence-electron chi connectivity index (χ1n) is 10.6. The Morgan fingerprint density at radius 3 is 2.34 bits per heavy atom. The summed E-state index contributed by atoms with van der Waals surface area (Å²) in [6, 6.07) is 25.4. The minimum absolute atomic E-state index is 0.0426. The van der Waals surface area contributed by atoms with Gasteiger partial charge in [-0.05, 0) is 42.6 Å². The molecule has 1 fully saturated rings. The predicted octanol–water partition coefficient (Wildman–Crippen LogP) is 4.79. The van der Waals surface area contributed by atoms with E-state index in [1.165, 1.54) is 12.1 Å². The number of rotatable bonds is 5. The second kappa shape index (κ2) is 9.57. The molecule has 1 aliphatic rings. The van der Waals surface area contributed by atoms with E-state index in [0.717, 1.165) is 33.6 Å².